The molecule has 0 amide bonds. The zero-order chi connectivity index (χ0) is 13.0. The molecule has 0 saturated carbocycles. The molecule has 1 N–H and O–H groups in total. The van der Waals surface area contributed by atoms with Crippen LogP contribution in [0.3, 0.4) is 0 Å². The van der Waals surface area contributed by atoms with E-state index in [2.05, 4.69) is 25.2 Å². The van der Waals surface area contributed by atoms with Gasteiger partial charge in [0.15, 0.2) is 0 Å². The Bertz CT molecular complexity index is 415. The lowest BCUT2D eigenvalue weighted by Gasteiger charge is -2.24. The average molecular weight is 244 g/mol. The summed E-state index contributed by atoms with van der Waals surface area (Å²) in [5, 5.41) is 12.4. The van der Waals surface area contributed by atoms with Crippen molar-refractivity contribution in [3.05, 3.63) is 35.4 Å². The predicted octanol–water partition coefficient (Wildman–Crippen LogP) is 2.63. The zero-order valence-corrected chi connectivity index (χ0v) is 11.0. The largest absolute Gasteiger partial charge is 0.381 e. The second-order valence-corrected chi connectivity index (χ2v) is 5.03. The molecule has 1 aromatic carbocycles. The van der Waals surface area contributed by atoms with Gasteiger partial charge in [0.25, 0.3) is 0 Å². The van der Waals surface area contributed by atoms with Crippen molar-refractivity contribution in [3.63, 3.8) is 0 Å². The van der Waals surface area contributed by atoms with Crippen molar-refractivity contribution in [2.75, 3.05) is 13.2 Å². The molecular weight excluding hydrogens is 224 g/mol. The van der Waals surface area contributed by atoms with Crippen molar-refractivity contribution in [1.82, 2.24) is 5.32 Å². The lowest BCUT2D eigenvalue weighted by atomic mass is 9.98. The fourth-order valence-electron chi connectivity index (χ4n) is 2.42. The molecule has 0 radical (unpaired) electrons. The van der Waals surface area contributed by atoms with Crippen molar-refractivity contribution in [1.29, 1.82) is 5.26 Å². The highest BCUT2D eigenvalue weighted by atomic mass is 16.5. The number of rotatable bonds is 4. The standard InChI is InChI=1S/C15H20N2O/c1-11(14-5-3-13(9-16)4-6-14)17-12(2)15-7-8-18-10-15/h3-6,11-12,15,17H,7-8,10H2,1-2H3. The van der Waals surface area contributed by atoms with Gasteiger partial charge in [0.2, 0.25) is 0 Å². The summed E-state index contributed by atoms with van der Waals surface area (Å²) < 4.78 is 5.42. The van der Waals surface area contributed by atoms with Gasteiger partial charge in [-0.05, 0) is 43.9 Å². The van der Waals surface area contributed by atoms with Crippen LogP contribution >= 0.6 is 0 Å². The van der Waals surface area contributed by atoms with Crippen LogP contribution in [0.5, 0.6) is 0 Å². The van der Waals surface area contributed by atoms with Gasteiger partial charge in [0, 0.05) is 18.7 Å². The van der Waals surface area contributed by atoms with Crippen LogP contribution < -0.4 is 5.32 Å². The van der Waals surface area contributed by atoms with E-state index in [9.17, 15) is 0 Å². The minimum absolute atomic E-state index is 0.299. The van der Waals surface area contributed by atoms with Gasteiger partial charge in [-0.2, -0.15) is 5.26 Å². The van der Waals surface area contributed by atoms with E-state index in [1.807, 2.05) is 24.3 Å². The molecule has 3 heteroatoms. The third-order valence-electron chi connectivity index (χ3n) is 3.72. The van der Waals surface area contributed by atoms with Crippen molar-refractivity contribution < 1.29 is 4.74 Å². The summed E-state index contributed by atoms with van der Waals surface area (Å²) in [5.74, 6) is 0.617. The van der Waals surface area contributed by atoms with Crippen LogP contribution in [0.1, 0.15) is 37.4 Å². The van der Waals surface area contributed by atoms with Gasteiger partial charge in [-0.3, -0.25) is 0 Å². The van der Waals surface area contributed by atoms with E-state index in [0.29, 0.717) is 23.6 Å². The lowest BCUT2D eigenvalue weighted by Crippen LogP contribution is -2.35. The molecule has 96 valence electrons. The number of ether oxygens (including phenoxy) is 1. The average Bonchev–Trinajstić information content (AvgIpc) is 2.92. The highest BCUT2D eigenvalue weighted by Crippen LogP contribution is 2.20. The van der Waals surface area contributed by atoms with Gasteiger partial charge < -0.3 is 10.1 Å². The Labute approximate surface area is 109 Å². The van der Waals surface area contributed by atoms with Crippen LogP contribution in [0.15, 0.2) is 24.3 Å². The van der Waals surface area contributed by atoms with Gasteiger partial charge in [0.05, 0.1) is 18.2 Å². The molecule has 0 aliphatic carbocycles. The summed E-state index contributed by atoms with van der Waals surface area (Å²) in [6.07, 6.45) is 1.15. The second kappa shape index (κ2) is 5.99. The van der Waals surface area contributed by atoms with Crippen LogP contribution in [-0.2, 0) is 4.74 Å². The molecule has 2 rings (SSSR count). The van der Waals surface area contributed by atoms with Crippen molar-refractivity contribution in [3.8, 4) is 6.07 Å². The van der Waals surface area contributed by atoms with E-state index in [0.717, 1.165) is 19.6 Å². The highest BCUT2D eigenvalue weighted by molar-refractivity contribution is 5.32. The summed E-state index contributed by atoms with van der Waals surface area (Å²) in [5.41, 5.74) is 1.93. The van der Waals surface area contributed by atoms with E-state index in [4.69, 9.17) is 10.00 Å². The summed E-state index contributed by atoms with van der Waals surface area (Å²) >= 11 is 0. The first-order valence-electron chi connectivity index (χ1n) is 6.54. The number of nitrogens with one attached hydrogen (secondary N) is 1. The van der Waals surface area contributed by atoms with Gasteiger partial charge in [0.1, 0.15) is 0 Å². The highest BCUT2D eigenvalue weighted by Gasteiger charge is 2.23. The predicted molar refractivity (Wildman–Crippen MR) is 71.1 cm³/mol. The molecular formula is C15H20N2O. The molecule has 3 atom stereocenters. The second-order valence-electron chi connectivity index (χ2n) is 5.03. The first-order valence-corrected chi connectivity index (χ1v) is 6.54. The van der Waals surface area contributed by atoms with Crippen LogP contribution in [-0.4, -0.2) is 19.3 Å². The van der Waals surface area contributed by atoms with E-state index in [1.54, 1.807) is 0 Å². The van der Waals surface area contributed by atoms with E-state index in [1.165, 1.54) is 5.56 Å². The molecule has 1 aliphatic heterocycles. The number of hydrogen-bond acceptors (Lipinski definition) is 3. The summed E-state index contributed by atoms with van der Waals surface area (Å²) in [4.78, 5) is 0. The molecule has 0 aromatic heterocycles. The number of hydrogen-bond donors (Lipinski definition) is 1. The third kappa shape index (κ3) is 3.10. The first-order chi connectivity index (χ1) is 8.70. The normalized spacial score (nSPS) is 22.4. The maximum Gasteiger partial charge on any atom is 0.0991 e. The molecule has 1 fully saturated rings. The molecule has 3 unspecified atom stereocenters. The molecule has 1 aliphatic rings. The Balaban J connectivity index is 1.93. The third-order valence-corrected chi connectivity index (χ3v) is 3.72. The Morgan fingerprint density at radius 2 is 2.06 bits per heavy atom. The van der Waals surface area contributed by atoms with Crippen molar-refractivity contribution in [2.24, 2.45) is 5.92 Å². The molecule has 18 heavy (non-hydrogen) atoms. The van der Waals surface area contributed by atoms with E-state index >= 15 is 0 Å². The van der Waals surface area contributed by atoms with Crippen LogP contribution in [0.25, 0.3) is 0 Å². The molecule has 0 bridgehead atoms. The Morgan fingerprint density at radius 3 is 2.61 bits per heavy atom. The van der Waals surface area contributed by atoms with Crippen molar-refractivity contribution in [2.45, 2.75) is 32.4 Å². The maximum absolute atomic E-state index is 8.78. The van der Waals surface area contributed by atoms with Crippen LogP contribution in [0, 0.1) is 17.2 Å². The van der Waals surface area contributed by atoms with Crippen LogP contribution in [0.2, 0.25) is 0 Å². The maximum atomic E-state index is 8.78. The topological polar surface area (TPSA) is 45.0 Å². The fraction of sp³-hybridized carbons (Fsp3) is 0.533. The van der Waals surface area contributed by atoms with Gasteiger partial charge in [-0.15, -0.1) is 0 Å². The van der Waals surface area contributed by atoms with E-state index < -0.39 is 0 Å². The van der Waals surface area contributed by atoms with Gasteiger partial charge in [-0.1, -0.05) is 12.1 Å². The van der Waals surface area contributed by atoms with Gasteiger partial charge in [-0.25, -0.2) is 0 Å². The SMILES string of the molecule is CC(NC(C)C1CCOC1)c1ccc(C#N)cc1. The van der Waals surface area contributed by atoms with E-state index in [-0.39, 0.29) is 0 Å². The lowest BCUT2D eigenvalue weighted by molar-refractivity contribution is 0.177. The molecule has 1 heterocycles. The molecule has 1 saturated heterocycles. The minimum Gasteiger partial charge on any atom is -0.381 e. The fourth-order valence-corrected chi connectivity index (χ4v) is 2.42. The Kier molecular flexibility index (Phi) is 4.35. The molecule has 3 nitrogen and oxygen atoms in total. The summed E-state index contributed by atoms with van der Waals surface area (Å²) in [7, 11) is 0. The minimum atomic E-state index is 0.299. The smallest absolute Gasteiger partial charge is 0.0991 e. The quantitative estimate of drug-likeness (QED) is 0.885. The molecule has 0 spiro atoms. The number of nitrogens with zero attached hydrogens (tertiary/aromatic N) is 1. The zero-order valence-electron chi connectivity index (χ0n) is 11.0. The summed E-state index contributed by atoms with van der Waals surface area (Å²) in [6, 6.07) is 10.7. The van der Waals surface area contributed by atoms with Crippen LogP contribution in [0.4, 0.5) is 0 Å². The summed E-state index contributed by atoms with van der Waals surface area (Å²) in [6.45, 7) is 6.14. The monoisotopic (exact) mass is 244 g/mol. The first kappa shape index (κ1) is 13.1. The number of benzene rings is 1. The van der Waals surface area contributed by atoms with Crippen molar-refractivity contribution >= 4 is 0 Å². The number of nitriles is 1. The Hall–Kier alpha value is -1.37. The Morgan fingerprint density at radius 1 is 1.33 bits per heavy atom. The van der Waals surface area contributed by atoms with Gasteiger partial charge >= 0.3 is 0 Å². The molecule has 1 aromatic rings.